The maximum absolute atomic E-state index is 11.8. The van der Waals surface area contributed by atoms with Gasteiger partial charge in [0.2, 0.25) is 0 Å². The lowest BCUT2D eigenvalue weighted by molar-refractivity contribution is -0.146. The Kier molecular flexibility index (Phi) is 3.85. The van der Waals surface area contributed by atoms with Crippen LogP contribution in [0.4, 0.5) is 0 Å². The number of likely N-dealkylation sites (tertiary alicyclic amines) is 1. The highest BCUT2D eigenvalue weighted by Crippen LogP contribution is 2.51. The van der Waals surface area contributed by atoms with Gasteiger partial charge in [0.15, 0.2) is 0 Å². The summed E-state index contributed by atoms with van der Waals surface area (Å²) in [6.45, 7) is 10.0. The molecule has 0 aromatic rings. The van der Waals surface area contributed by atoms with Crippen molar-refractivity contribution in [1.29, 1.82) is 0 Å². The van der Waals surface area contributed by atoms with Gasteiger partial charge in [-0.3, -0.25) is 14.7 Å². The Labute approximate surface area is 127 Å². The van der Waals surface area contributed by atoms with Gasteiger partial charge in [0, 0.05) is 30.8 Å². The number of aliphatic imine (C=N–C) groups is 1. The normalized spacial score (nSPS) is 41.4. The second-order valence-electron chi connectivity index (χ2n) is 7.98. The molecular formula is C17H28N2O2. The summed E-state index contributed by atoms with van der Waals surface area (Å²) in [5, 5.41) is 9.70. The number of rotatable bonds is 5. The van der Waals surface area contributed by atoms with Gasteiger partial charge in [-0.1, -0.05) is 27.7 Å². The molecule has 1 saturated carbocycles. The third-order valence-electron chi connectivity index (χ3n) is 5.51. The molecule has 118 valence electrons. The van der Waals surface area contributed by atoms with Gasteiger partial charge >= 0.3 is 5.97 Å². The Balaban J connectivity index is 1.94. The standard InChI is InChI=1S/C17H28N2O2/c1-9(2)5-14-11-6-13-15(17(20)21)16(12(11)7-18-13)19(14)8-10(3)4/h7,9-16H,5-6,8H2,1-4H3,(H,20,21). The minimum absolute atomic E-state index is 0.00863. The first-order valence-electron chi connectivity index (χ1n) is 8.42. The summed E-state index contributed by atoms with van der Waals surface area (Å²) in [6.07, 6.45) is 4.24. The second-order valence-corrected chi connectivity index (χ2v) is 7.98. The number of hydrogen-bond acceptors (Lipinski definition) is 3. The second kappa shape index (κ2) is 5.38. The van der Waals surface area contributed by atoms with Crippen molar-refractivity contribution in [1.82, 2.24) is 4.90 Å². The lowest BCUT2D eigenvalue weighted by atomic mass is 9.67. The van der Waals surface area contributed by atoms with Crippen molar-refractivity contribution >= 4 is 12.2 Å². The van der Waals surface area contributed by atoms with Crippen molar-refractivity contribution < 1.29 is 9.90 Å². The molecule has 3 aliphatic heterocycles. The van der Waals surface area contributed by atoms with E-state index in [2.05, 4.69) is 43.8 Å². The van der Waals surface area contributed by atoms with Crippen molar-refractivity contribution in [3.63, 3.8) is 0 Å². The molecule has 4 rings (SSSR count). The van der Waals surface area contributed by atoms with Gasteiger partial charge in [-0.25, -0.2) is 0 Å². The highest BCUT2D eigenvalue weighted by Gasteiger charge is 2.60. The first-order chi connectivity index (χ1) is 9.90. The monoisotopic (exact) mass is 292 g/mol. The van der Waals surface area contributed by atoms with Crippen LogP contribution in [0.25, 0.3) is 0 Å². The van der Waals surface area contributed by atoms with Crippen LogP contribution >= 0.6 is 0 Å². The Morgan fingerprint density at radius 3 is 2.62 bits per heavy atom. The van der Waals surface area contributed by atoms with E-state index in [-0.39, 0.29) is 18.0 Å². The maximum atomic E-state index is 11.8. The number of carbonyl (C=O) groups is 1. The highest BCUT2D eigenvalue weighted by atomic mass is 16.4. The molecule has 1 aliphatic carbocycles. The van der Waals surface area contributed by atoms with Crippen LogP contribution in [-0.2, 0) is 4.79 Å². The van der Waals surface area contributed by atoms with Crippen molar-refractivity contribution in [3.8, 4) is 0 Å². The predicted octanol–water partition coefficient (Wildman–Crippen LogP) is 2.53. The van der Waals surface area contributed by atoms with Crippen LogP contribution in [0.15, 0.2) is 4.99 Å². The molecule has 1 N–H and O–H groups in total. The highest BCUT2D eigenvalue weighted by molar-refractivity contribution is 5.77. The molecule has 0 aromatic carbocycles. The molecule has 0 amide bonds. The molecule has 4 aliphatic rings. The van der Waals surface area contributed by atoms with Gasteiger partial charge < -0.3 is 5.11 Å². The van der Waals surface area contributed by atoms with Crippen LogP contribution < -0.4 is 0 Å². The van der Waals surface area contributed by atoms with Crippen LogP contribution in [0.2, 0.25) is 0 Å². The summed E-state index contributed by atoms with van der Waals surface area (Å²) >= 11 is 0. The number of hydrogen-bond donors (Lipinski definition) is 1. The molecular weight excluding hydrogens is 264 g/mol. The van der Waals surface area contributed by atoms with Crippen LogP contribution in [0.3, 0.4) is 0 Å². The summed E-state index contributed by atoms with van der Waals surface area (Å²) in [4.78, 5) is 18.9. The van der Waals surface area contributed by atoms with E-state index in [9.17, 15) is 9.90 Å². The summed E-state index contributed by atoms with van der Waals surface area (Å²) in [5.74, 6) is 1.26. The minimum atomic E-state index is -0.649. The average molecular weight is 292 g/mol. The molecule has 1 saturated heterocycles. The van der Waals surface area contributed by atoms with E-state index < -0.39 is 5.97 Å². The Bertz CT molecular complexity index is 446. The fourth-order valence-electron chi connectivity index (χ4n) is 4.96. The molecule has 2 fully saturated rings. The third-order valence-corrected chi connectivity index (χ3v) is 5.51. The molecule has 0 spiro atoms. The first-order valence-corrected chi connectivity index (χ1v) is 8.42. The van der Waals surface area contributed by atoms with E-state index in [4.69, 9.17) is 0 Å². The Morgan fingerprint density at radius 2 is 2.05 bits per heavy atom. The SMILES string of the molecule is CC(C)CC1C2CC3N=CC2C(C3C(=O)O)N1CC(C)C. The first kappa shape index (κ1) is 15.0. The van der Waals surface area contributed by atoms with Crippen molar-refractivity contribution in [3.05, 3.63) is 0 Å². The molecule has 4 nitrogen and oxygen atoms in total. The molecule has 4 bridgehead atoms. The Morgan fingerprint density at radius 1 is 1.33 bits per heavy atom. The molecule has 0 radical (unpaired) electrons. The zero-order chi connectivity index (χ0) is 15.3. The van der Waals surface area contributed by atoms with E-state index in [0.717, 1.165) is 13.0 Å². The minimum Gasteiger partial charge on any atom is -0.481 e. The summed E-state index contributed by atoms with van der Waals surface area (Å²) in [6, 6.07) is 0.727. The number of carboxylic acids is 1. The van der Waals surface area contributed by atoms with Gasteiger partial charge in [-0.05, 0) is 30.6 Å². The van der Waals surface area contributed by atoms with E-state index in [0.29, 0.717) is 29.7 Å². The fourth-order valence-corrected chi connectivity index (χ4v) is 4.96. The zero-order valence-corrected chi connectivity index (χ0v) is 13.6. The zero-order valence-electron chi connectivity index (χ0n) is 13.6. The van der Waals surface area contributed by atoms with Crippen LogP contribution in [0, 0.1) is 29.6 Å². The van der Waals surface area contributed by atoms with E-state index in [1.807, 2.05) is 0 Å². The van der Waals surface area contributed by atoms with Gasteiger partial charge in [0.05, 0.1) is 12.0 Å². The van der Waals surface area contributed by atoms with Crippen LogP contribution in [0.5, 0.6) is 0 Å². The van der Waals surface area contributed by atoms with Crippen molar-refractivity contribution in [2.45, 2.75) is 58.7 Å². The summed E-state index contributed by atoms with van der Waals surface area (Å²) < 4.78 is 0. The van der Waals surface area contributed by atoms with Gasteiger partial charge in [-0.15, -0.1) is 0 Å². The third kappa shape index (κ3) is 2.41. The summed E-state index contributed by atoms with van der Waals surface area (Å²) in [7, 11) is 0. The van der Waals surface area contributed by atoms with Crippen molar-refractivity contribution in [2.24, 2.45) is 34.6 Å². The quantitative estimate of drug-likeness (QED) is 0.847. The molecule has 6 unspecified atom stereocenters. The van der Waals surface area contributed by atoms with Gasteiger partial charge in [0.1, 0.15) is 0 Å². The largest absolute Gasteiger partial charge is 0.481 e. The average Bonchev–Trinajstić information content (AvgIpc) is 2.61. The molecule has 0 aromatic heterocycles. The lowest BCUT2D eigenvalue weighted by Gasteiger charge is -2.42. The van der Waals surface area contributed by atoms with E-state index in [1.165, 1.54) is 6.42 Å². The lowest BCUT2D eigenvalue weighted by Crippen LogP contribution is -2.53. The topological polar surface area (TPSA) is 52.9 Å². The van der Waals surface area contributed by atoms with Gasteiger partial charge in [-0.2, -0.15) is 0 Å². The molecule has 6 atom stereocenters. The molecule has 3 heterocycles. The maximum Gasteiger partial charge on any atom is 0.310 e. The fraction of sp³-hybridized carbons (Fsp3) is 0.882. The molecule has 21 heavy (non-hydrogen) atoms. The molecule has 4 heteroatoms. The predicted molar refractivity (Wildman–Crippen MR) is 83.6 cm³/mol. The van der Waals surface area contributed by atoms with E-state index >= 15 is 0 Å². The van der Waals surface area contributed by atoms with Crippen molar-refractivity contribution in [2.75, 3.05) is 6.54 Å². The van der Waals surface area contributed by atoms with E-state index in [1.54, 1.807) is 0 Å². The van der Waals surface area contributed by atoms with Crippen LogP contribution in [0.1, 0.15) is 40.5 Å². The number of aliphatic carboxylic acids is 1. The van der Waals surface area contributed by atoms with Crippen LogP contribution in [-0.4, -0.2) is 46.9 Å². The number of carboxylic acid groups (broad SMARTS) is 1. The van der Waals surface area contributed by atoms with Gasteiger partial charge in [0.25, 0.3) is 0 Å². The smallest absolute Gasteiger partial charge is 0.310 e. The number of nitrogens with zero attached hydrogens (tertiary/aromatic N) is 2. The Hall–Kier alpha value is -0.900. The summed E-state index contributed by atoms with van der Waals surface area (Å²) in [5.41, 5.74) is 0.